The summed E-state index contributed by atoms with van der Waals surface area (Å²) in [7, 11) is -3.64. The van der Waals surface area contributed by atoms with Gasteiger partial charge in [0.15, 0.2) is 27.9 Å². The van der Waals surface area contributed by atoms with E-state index < -0.39 is 86.3 Å². The van der Waals surface area contributed by atoms with Gasteiger partial charge in [-0.25, -0.2) is 26.8 Å². The van der Waals surface area contributed by atoms with Crippen molar-refractivity contribution in [3.05, 3.63) is 40.8 Å². The summed E-state index contributed by atoms with van der Waals surface area (Å²) in [5.74, 6) is -5.32. The Morgan fingerprint density at radius 3 is 2.55 bits per heavy atom. The molecule has 1 N–H and O–H groups in total. The van der Waals surface area contributed by atoms with Gasteiger partial charge < -0.3 is 14.6 Å². The number of hydrogen-bond acceptors (Lipinski definition) is 10. The predicted octanol–water partition coefficient (Wildman–Crippen LogP) is 3.68. The van der Waals surface area contributed by atoms with Gasteiger partial charge in [0, 0.05) is 28.9 Å². The standard InChI is InChI=1S/C29H31F2NO8S2/c1-15-11-17-18-13-20(30)19-12-16(33)7-8-26(19,2)28(18,31)22(34)14-27(17,3)29(15,25(36)39-10-9-32)40-24(35)21-5-6-23(41-21)42(4,37)38/h5-8,12,15,17-18,20,22,34H,10-11,13-14H2,1-4H3/t15-,17+,18+,20+,22+,26+,27+,28+,29-/m1/s1. The largest absolute Gasteiger partial charge is 0.447 e. The van der Waals surface area contributed by atoms with Gasteiger partial charge in [0.05, 0.1) is 6.10 Å². The second-order valence-electron chi connectivity index (χ2n) is 12.2. The van der Waals surface area contributed by atoms with Crippen molar-refractivity contribution in [3.63, 3.8) is 0 Å². The second kappa shape index (κ2) is 9.79. The molecule has 0 bridgehead atoms. The lowest BCUT2D eigenvalue weighted by Gasteiger charge is -2.63. The first-order valence-corrected chi connectivity index (χ1v) is 16.2. The topological polar surface area (TPSA) is 148 Å². The van der Waals surface area contributed by atoms with Gasteiger partial charge in [-0.1, -0.05) is 19.9 Å². The lowest BCUT2D eigenvalue weighted by atomic mass is 9.44. The fraction of sp³-hybridized carbons (Fsp3) is 0.586. The van der Waals surface area contributed by atoms with E-state index >= 15 is 8.78 Å². The minimum Gasteiger partial charge on any atom is -0.447 e. The van der Waals surface area contributed by atoms with Crippen molar-refractivity contribution < 1.29 is 46.2 Å². The number of aliphatic hydroxyl groups is 1. The van der Waals surface area contributed by atoms with Crippen molar-refractivity contribution in [3.8, 4) is 6.07 Å². The molecule has 13 heteroatoms. The summed E-state index contributed by atoms with van der Waals surface area (Å²) in [5, 5.41) is 20.7. The summed E-state index contributed by atoms with van der Waals surface area (Å²) < 4.78 is 68.4. The minimum absolute atomic E-state index is 0.0482. The van der Waals surface area contributed by atoms with E-state index in [0.717, 1.165) is 18.4 Å². The maximum atomic E-state index is 17.5. The molecule has 4 aliphatic carbocycles. The molecular weight excluding hydrogens is 592 g/mol. The first kappa shape index (κ1) is 30.5. The van der Waals surface area contributed by atoms with E-state index in [1.807, 2.05) is 0 Å². The molecule has 5 rings (SSSR count). The summed E-state index contributed by atoms with van der Waals surface area (Å²) in [4.78, 5) is 39.3. The van der Waals surface area contributed by atoms with Gasteiger partial charge in [-0.05, 0) is 62.0 Å². The van der Waals surface area contributed by atoms with Crippen LogP contribution in [0.1, 0.15) is 49.7 Å². The monoisotopic (exact) mass is 623 g/mol. The Labute approximate surface area is 246 Å². The molecule has 0 unspecified atom stereocenters. The first-order chi connectivity index (χ1) is 19.5. The highest BCUT2D eigenvalue weighted by atomic mass is 32.2. The second-order valence-corrected chi connectivity index (χ2v) is 15.6. The maximum absolute atomic E-state index is 17.5. The van der Waals surface area contributed by atoms with Gasteiger partial charge in [-0.2, -0.15) is 5.26 Å². The number of esters is 2. The number of thiophene rings is 1. The predicted molar refractivity (Wildman–Crippen MR) is 145 cm³/mol. The van der Waals surface area contributed by atoms with Gasteiger partial charge in [0.1, 0.15) is 21.3 Å². The third-order valence-corrected chi connectivity index (χ3v) is 13.0. The average molecular weight is 624 g/mol. The Bertz CT molecular complexity index is 1580. The van der Waals surface area contributed by atoms with E-state index in [9.17, 15) is 27.9 Å². The van der Waals surface area contributed by atoms with E-state index in [0.29, 0.717) is 11.3 Å². The van der Waals surface area contributed by atoms with Crippen LogP contribution in [-0.4, -0.2) is 67.7 Å². The Hall–Kier alpha value is -2.95. The zero-order valence-corrected chi connectivity index (χ0v) is 25.1. The summed E-state index contributed by atoms with van der Waals surface area (Å²) in [6.45, 7) is 3.96. The van der Waals surface area contributed by atoms with Crippen LogP contribution in [-0.2, 0) is 28.9 Å². The molecular formula is C29H31F2NO8S2. The highest BCUT2D eigenvalue weighted by molar-refractivity contribution is 7.92. The number of carbonyl (C=O) groups is 3. The molecule has 9 atom stereocenters. The van der Waals surface area contributed by atoms with Crippen molar-refractivity contribution in [2.24, 2.45) is 28.6 Å². The van der Waals surface area contributed by atoms with Crippen molar-refractivity contribution >= 4 is 38.9 Å². The number of alkyl halides is 2. The summed E-state index contributed by atoms with van der Waals surface area (Å²) in [5.41, 5.74) is -7.71. The average Bonchev–Trinajstić information content (AvgIpc) is 3.49. The van der Waals surface area contributed by atoms with E-state index in [-0.39, 0.29) is 33.9 Å². The number of fused-ring (bicyclic) bond motifs is 5. The molecule has 42 heavy (non-hydrogen) atoms. The normalized spacial score (nSPS) is 40.7. The van der Waals surface area contributed by atoms with Gasteiger partial charge in [0.25, 0.3) is 0 Å². The molecule has 1 aromatic rings. The Morgan fingerprint density at radius 2 is 1.93 bits per heavy atom. The Morgan fingerprint density at radius 1 is 1.24 bits per heavy atom. The molecule has 1 aromatic heterocycles. The molecule has 0 spiro atoms. The molecule has 0 amide bonds. The van der Waals surface area contributed by atoms with Crippen molar-refractivity contribution in [2.75, 3.05) is 12.9 Å². The molecule has 226 valence electrons. The number of nitriles is 1. The lowest BCUT2D eigenvalue weighted by Crippen LogP contribution is -2.71. The van der Waals surface area contributed by atoms with Crippen LogP contribution in [0, 0.1) is 39.9 Å². The van der Waals surface area contributed by atoms with Crippen LogP contribution in [0.5, 0.6) is 0 Å². The fourth-order valence-corrected chi connectivity index (χ4v) is 10.1. The fourth-order valence-electron chi connectivity index (χ4n) is 8.25. The highest BCUT2D eigenvalue weighted by Gasteiger charge is 2.78. The Kier molecular flexibility index (Phi) is 7.11. The van der Waals surface area contributed by atoms with E-state index in [1.165, 1.54) is 25.1 Å². The van der Waals surface area contributed by atoms with Crippen LogP contribution in [0.2, 0.25) is 0 Å². The number of allylic oxidation sites excluding steroid dienone is 4. The molecule has 4 aliphatic rings. The number of nitrogens with zero attached hydrogens (tertiary/aromatic N) is 1. The third-order valence-electron chi connectivity index (χ3n) is 10.1. The molecule has 9 nitrogen and oxygen atoms in total. The van der Waals surface area contributed by atoms with Gasteiger partial charge >= 0.3 is 11.9 Å². The van der Waals surface area contributed by atoms with E-state index in [1.54, 1.807) is 19.9 Å². The van der Waals surface area contributed by atoms with Gasteiger partial charge in [0.2, 0.25) is 5.60 Å². The lowest BCUT2D eigenvalue weighted by molar-refractivity contribution is -0.230. The van der Waals surface area contributed by atoms with Crippen LogP contribution in [0.15, 0.2) is 40.1 Å². The molecule has 1 heterocycles. The van der Waals surface area contributed by atoms with Crippen LogP contribution in [0.3, 0.4) is 0 Å². The van der Waals surface area contributed by atoms with Crippen LogP contribution >= 0.6 is 11.3 Å². The van der Waals surface area contributed by atoms with E-state index in [4.69, 9.17) is 14.7 Å². The molecule has 0 aromatic carbocycles. The SMILES string of the molecule is C[C@@H]1C[C@H]2[C@@H]3C[C@H](F)C4=CC(=O)C=C[C@]4(C)[C@@]3(F)[C@@H](O)C[C@]2(C)[C@]1(OC(=O)c1ccc(S(C)(=O)=O)s1)C(=O)OCC#N. The van der Waals surface area contributed by atoms with Crippen molar-refractivity contribution in [2.45, 2.75) is 67.8 Å². The zero-order valence-electron chi connectivity index (χ0n) is 23.4. The van der Waals surface area contributed by atoms with Crippen LogP contribution in [0.4, 0.5) is 8.78 Å². The summed E-state index contributed by atoms with van der Waals surface area (Å²) in [6.07, 6.45) is 0.391. The number of sulfone groups is 1. The third kappa shape index (κ3) is 3.98. The van der Waals surface area contributed by atoms with Crippen LogP contribution in [0.25, 0.3) is 0 Å². The smallest absolute Gasteiger partial charge is 0.352 e. The molecule has 3 saturated carbocycles. The number of rotatable bonds is 5. The first-order valence-electron chi connectivity index (χ1n) is 13.5. The zero-order chi connectivity index (χ0) is 31.0. The summed E-state index contributed by atoms with van der Waals surface area (Å²) >= 11 is 0.652. The maximum Gasteiger partial charge on any atom is 0.352 e. The van der Waals surface area contributed by atoms with Crippen molar-refractivity contribution in [1.29, 1.82) is 5.26 Å². The van der Waals surface area contributed by atoms with Gasteiger partial charge in [-0.3, -0.25) is 4.79 Å². The quantitative estimate of drug-likeness (QED) is 0.485. The van der Waals surface area contributed by atoms with E-state index in [2.05, 4.69) is 0 Å². The van der Waals surface area contributed by atoms with Crippen molar-refractivity contribution in [1.82, 2.24) is 0 Å². The molecule has 0 radical (unpaired) electrons. The van der Waals surface area contributed by atoms with Gasteiger partial charge in [-0.15, -0.1) is 11.3 Å². The molecule has 0 aliphatic heterocycles. The molecule has 0 saturated heterocycles. The number of ketones is 1. The van der Waals surface area contributed by atoms with Crippen LogP contribution < -0.4 is 0 Å². The summed E-state index contributed by atoms with van der Waals surface area (Å²) in [6, 6.07) is 4.19. The molecule has 3 fully saturated rings. The highest BCUT2D eigenvalue weighted by Crippen LogP contribution is 2.71. The Balaban J connectivity index is 1.62. The minimum atomic E-state index is -3.64. The number of carbonyl (C=O) groups excluding carboxylic acids is 3. The number of halogens is 2. The number of aliphatic hydroxyl groups excluding tert-OH is 1. The number of hydrogen-bond donors (Lipinski definition) is 1. The number of ether oxygens (including phenoxy) is 2.